The van der Waals surface area contributed by atoms with E-state index in [1.54, 1.807) is 22.6 Å². The number of rotatable bonds is 3. The Morgan fingerprint density at radius 2 is 2.17 bits per heavy atom. The maximum atomic E-state index is 12.1. The summed E-state index contributed by atoms with van der Waals surface area (Å²) in [6, 6.07) is 0. The lowest BCUT2D eigenvalue weighted by Gasteiger charge is -2.13. The number of carbonyl (C=O) groups excluding carboxylic acids is 1. The molecule has 0 aliphatic heterocycles. The first-order valence-electron chi connectivity index (χ1n) is 4.37. The summed E-state index contributed by atoms with van der Waals surface area (Å²) in [5.74, 6) is -1.30. The van der Waals surface area contributed by atoms with Crippen molar-refractivity contribution in [2.24, 2.45) is 0 Å². The zero-order valence-corrected chi connectivity index (χ0v) is 12.6. The predicted octanol–water partition coefficient (Wildman–Crippen LogP) is 3.27. The Labute approximate surface area is 122 Å². The third-order valence-corrected chi connectivity index (χ3v) is 3.41. The van der Waals surface area contributed by atoms with E-state index in [9.17, 15) is 18.0 Å². The molecule has 1 aromatic heterocycles. The molecule has 0 amide bonds. The van der Waals surface area contributed by atoms with E-state index in [1.807, 2.05) is 0 Å². The van der Waals surface area contributed by atoms with Crippen LogP contribution in [0.25, 0.3) is 0 Å². The lowest BCUT2D eigenvalue weighted by atomic mass is 10.2. The van der Waals surface area contributed by atoms with Crippen LogP contribution in [0.4, 0.5) is 13.2 Å². The van der Waals surface area contributed by atoms with E-state index < -0.39 is 18.1 Å². The highest BCUT2D eigenvalue weighted by atomic mass is 127. The number of carbonyl (C=O) groups is 1. The maximum absolute atomic E-state index is 12.1. The molecule has 0 aromatic carbocycles. The van der Waals surface area contributed by atoms with Crippen LogP contribution in [0.3, 0.4) is 0 Å². The molecule has 1 heterocycles. The number of alkyl halides is 4. The minimum Gasteiger partial charge on any atom is -0.465 e. The highest BCUT2D eigenvalue weighted by Gasteiger charge is 2.33. The van der Waals surface area contributed by atoms with Crippen molar-refractivity contribution < 1.29 is 27.4 Å². The highest BCUT2D eigenvalue weighted by molar-refractivity contribution is 14.1. The first-order valence-corrected chi connectivity index (χ1v) is 6.57. The van der Waals surface area contributed by atoms with Gasteiger partial charge in [0, 0.05) is 5.33 Å². The molecule has 0 fully saturated rings. The number of esters is 1. The van der Waals surface area contributed by atoms with Gasteiger partial charge < -0.3 is 9.47 Å². The van der Waals surface area contributed by atoms with E-state index in [2.05, 4.69) is 30.4 Å². The van der Waals surface area contributed by atoms with Crippen molar-refractivity contribution in [1.29, 1.82) is 0 Å². The second-order valence-corrected chi connectivity index (χ2v) is 4.57. The molecule has 1 aromatic rings. The van der Waals surface area contributed by atoms with Crippen LogP contribution in [-0.4, -0.2) is 24.4 Å². The van der Waals surface area contributed by atoms with Gasteiger partial charge in [-0.3, -0.25) is 4.98 Å². The van der Waals surface area contributed by atoms with Crippen molar-refractivity contribution in [2.45, 2.75) is 11.7 Å². The second-order valence-electron chi connectivity index (χ2n) is 2.93. The van der Waals surface area contributed by atoms with Gasteiger partial charge in [0.1, 0.15) is 0 Å². The molecule has 100 valence electrons. The fraction of sp³-hybridized carbons (Fsp3) is 0.333. The summed E-state index contributed by atoms with van der Waals surface area (Å²) >= 11 is 4.67. The van der Waals surface area contributed by atoms with E-state index in [-0.39, 0.29) is 20.2 Å². The van der Waals surface area contributed by atoms with Crippen LogP contribution in [0.15, 0.2) is 6.20 Å². The fourth-order valence-electron chi connectivity index (χ4n) is 1.11. The van der Waals surface area contributed by atoms with Crippen molar-refractivity contribution in [2.75, 3.05) is 7.11 Å². The number of nitrogens with zero attached hydrogens (tertiary/aromatic N) is 1. The van der Waals surface area contributed by atoms with Crippen molar-refractivity contribution >= 4 is 44.5 Å². The summed E-state index contributed by atoms with van der Waals surface area (Å²) in [4.78, 5) is 15.2. The average molecular weight is 440 g/mol. The van der Waals surface area contributed by atoms with Crippen LogP contribution in [0, 0.1) is 3.57 Å². The normalized spacial score (nSPS) is 11.2. The first-order chi connectivity index (χ1) is 8.30. The van der Waals surface area contributed by atoms with Gasteiger partial charge in [0.05, 0.1) is 28.1 Å². The molecule has 0 radical (unpaired) electrons. The monoisotopic (exact) mass is 439 g/mol. The summed E-state index contributed by atoms with van der Waals surface area (Å²) < 4.78 is 44.7. The van der Waals surface area contributed by atoms with Crippen LogP contribution in [0.1, 0.15) is 16.1 Å². The van der Waals surface area contributed by atoms with Crippen LogP contribution in [0.5, 0.6) is 5.75 Å². The van der Waals surface area contributed by atoms with E-state index in [1.165, 1.54) is 0 Å². The van der Waals surface area contributed by atoms with Gasteiger partial charge in [-0.25, -0.2) is 4.79 Å². The molecule has 0 saturated carbocycles. The third-order valence-electron chi connectivity index (χ3n) is 1.80. The van der Waals surface area contributed by atoms with Gasteiger partial charge in [0.15, 0.2) is 5.75 Å². The minimum absolute atomic E-state index is 0.00113. The highest BCUT2D eigenvalue weighted by Crippen LogP contribution is 2.31. The quantitative estimate of drug-likeness (QED) is 0.412. The van der Waals surface area contributed by atoms with Gasteiger partial charge in [-0.15, -0.1) is 13.2 Å². The largest absolute Gasteiger partial charge is 0.573 e. The van der Waals surface area contributed by atoms with Gasteiger partial charge in [-0.05, 0) is 22.6 Å². The molecule has 1 rings (SSSR count). The van der Waals surface area contributed by atoms with Crippen molar-refractivity contribution in [3.63, 3.8) is 0 Å². The number of halogens is 5. The van der Waals surface area contributed by atoms with Crippen LogP contribution >= 0.6 is 38.5 Å². The van der Waals surface area contributed by atoms with Crippen molar-refractivity contribution in [3.8, 4) is 5.75 Å². The lowest BCUT2D eigenvalue weighted by molar-refractivity contribution is -0.275. The average Bonchev–Trinajstić information content (AvgIpc) is 2.29. The molecule has 9 heteroatoms. The van der Waals surface area contributed by atoms with Crippen LogP contribution < -0.4 is 4.74 Å². The molecular formula is C9H6BrF3INO3. The summed E-state index contributed by atoms with van der Waals surface area (Å²) in [5.41, 5.74) is 0.234. The van der Waals surface area contributed by atoms with Gasteiger partial charge >= 0.3 is 12.3 Å². The summed E-state index contributed by atoms with van der Waals surface area (Å²) in [7, 11) is 1.13. The predicted molar refractivity (Wildman–Crippen MR) is 67.6 cm³/mol. The zero-order valence-electron chi connectivity index (χ0n) is 8.85. The summed E-state index contributed by atoms with van der Waals surface area (Å²) in [6.45, 7) is 0. The SMILES string of the molecule is COC(=O)c1c(CBr)ncc(OC(F)(F)F)c1I. The lowest BCUT2D eigenvalue weighted by Crippen LogP contribution is -2.19. The molecule has 0 atom stereocenters. The van der Waals surface area contributed by atoms with Crippen LogP contribution in [-0.2, 0) is 10.1 Å². The third kappa shape index (κ3) is 3.70. The number of aromatic nitrogens is 1. The Morgan fingerprint density at radius 1 is 1.56 bits per heavy atom. The first kappa shape index (κ1) is 15.5. The molecule has 0 saturated heterocycles. The number of hydrogen-bond acceptors (Lipinski definition) is 4. The number of ether oxygens (including phenoxy) is 2. The number of methoxy groups -OCH3 is 1. The summed E-state index contributed by atoms with van der Waals surface area (Å²) in [5, 5.41) is 0.208. The van der Waals surface area contributed by atoms with Gasteiger partial charge in [-0.1, -0.05) is 15.9 Å². The zero-order chi connectivity index (χ0) is 13.9. The van der Waals surface area contributed by atoms with Gasteiger partial charge in [-0.2, -0.15) is 0 Å². The van der Waals surface area contributed by atoms with Gasteiger partial charge in [0.25, 0.3) is 0 Å². The van der Waals surface area contributed by atoms with Crippen molar-refractivity contribution in [3.05, 3.63) is 21.0 Å². The molecule has 0 bridgehead atoms. The maximum Gasteiger partial charge on any atom is 0.573 e. The topological polar surface area (TPSA) is 48.4 Å². The standard InChI is InChI=1S/C9H6BrF3INO3/c1-17-8(16)6-4(2-10)15-3-5(7(6)14)18-9(11,12)13/h3H,2H2,1H3. The molecule has 0 spiro atoms. The Balaban J connectivity index is 3.30. The van der Waals surface area contributed by atoms with E-state index in [4.69, 9.17) is 0 Å². The minimum atomic E-state index is -4.84. The van der Waals surface area contributed by atoms with Gasteiger partial charge in [0.2, 0.25) is 0 Å². The fourth-order valence-corrected chi connectivity index (χ4v) is 2.32. The molecule has 0 unspecified atom stereocenters. The molecule has 4 nitrogen and oxygen atoms in total. The number of hydrogen-bond donors (Lipinski definition) is 0. The molecule has 0 aliphatic rings. The Bertz CT molecular complexity index is 467. The van der Waals surface area contributed by atoms with Crippen molar-refractivity contribution in [1.82, 2.24) is 4.98 Å². The Kier molecular flexibility index (Phi) is 5.20. The molecule has 0 aliphatic carbocycles. The van der Waals surface area contributed by atoms with E-state index >= 15 is 0 Å². The van der Waals surface area contributed by atoms with E-state index in [0.29, 0.717) is 0 Å². The van der Waals surface area contributed by atoms with Crippen LogP contribution in [0.2, 0.25) is 0 Å². The Hall–Kier alpha value is -0.580. The Morgan fingerprint density at radius 3 is 2.61 bits per heavy atom. The molecule has 18 heavy (non-hydrogen) atoms. The molecule has 0 N–H and O–H groups in total. The molecular weight excluding hydrogens is 434 g/mol. The second kappa shape index (κ2) is 6.04. The summed E-state index contributed by atoms with van der Waals surface area (Å²) in [6.07, 6.45) is -3.93. The van der Waals surface area contributed by atoms with E-state index in [0.717, 1.165) is 13.3 Å². The number of pyridine rings is 1. The smallest absolute Gasteiger partial charge is 0.465 e.